The molecule has 0 atom stereocenters. The number of benzene rings is 1. The van der Waals surface area contributed by atoms with Crippen molar-refractivity contribution in [3.8, 4) is 0 Å². The van der Waals surface area contributed by atoms with Crippen LogP contribution in [0.2, 0.25) is 5.02 Å². The van der Waals surface area contributed by atoms with Gasteiger partial charge in [0, 0.05) is 5.39 Å². The minimum atomic E-state index is 0.118. The van der Waals surface area contributed by atoms with E-state index in [1.807, 2.05) is 12.1 Å². The molecule has 5 nitrogen and oxygen atoms in total. The van der Waals surface area contributed by atoms with Crippen molar-refractivity contribution < 1.29 is 4.42 Å². The van der Waals surface area contributed by atoms with E-state index in [-0.39, 0.29) is 11.8 Å². The van der Waals surface area contributed by atoms with Crippen molar-refractivity contribution in [2.75, 3.05) is 11.5 Å². The van der Waals surface area contributed by atoms with Gasteiger partial charge in [0.25, 0.3) is 0 Å². The van der Waals surface area contributed by atoms with E-state index in [0.717, 1.165) is 5.39 Å². The van der Waals surface area contributed by atoms with Crippen molar-refractivity contribution in [3.63, 3.8) is 0 Å². The molecule has 4 N–H and O–H groups in total. The molecule has 1 aromatic carbocycles. The number of anilines is 2. The molecule has 6 heteroatoms. The Bertz CT molecular complexity index is 707. The summed E-state index contributed by atoms with van der Waals surface area (Å²) < 4.78 is 5.53. The van der Waals surface area contributed by atoms with E-state index in [1.165, 1.54) is 0 Å². The lowest BCUT2D eigenvalue weighted by atomic mass is 10.2. The number of nitrogens with two attached hydrogens (primary N) is 2. The number of aromatic nitrogens is 2. The zero-order valence-electron chi connectivity index (χ0n) is 8.07. The van der Waals surface area contributed by atoms with Crippen LogP contribution in [0.3, 0.4) is 0 Å². The third kappa shape index (κ3) is 1.12. The van der Waals surface area contributed by atoms with Crippen LogP contribution < -0.4 is 11.5 Å². The fraction of sp³-hybridized carbons (Fsp3) is 0. The third-order valence-corrected chi connectivity index (χ3v) is 2.63. The van der Waals surface area contributed by atoms with Crippen molar-refractivity contribution >= 4 is 45.4 Å². The lowest BCUT2D eigenvalue weighted by molar-refractivity contribution is 0.668. The minimum absolute atomic E-state index is 0.118. The van der Waals surface area contributed by atoms with Crippen LogP contribution in [0.1, 0.15) is 0 Å². The first-order valence-corrected chi connectivity index (χ1v) is 4.94. The summed E-state index contributed by atoms with van der Waals surface area (Å²) in [7, 11) is 0. The van der Waals surface area contributed by atoms with Crippen LogP contribution in [0.15, 0.2) is 22.6 Å². The molecule has 80 valence electrons. The molecule has 0 aliphatic rings. The molecule has 0 saturated heterocycles. The van der Waals surface area contributed by atoms with Gasteiger partial charge in [-0.2, -0.15) is 4.98 Å². The summed E-state index contributed by atoms with van der Waals surface area (Å²) in [5.74, 6) is 0.336. The van der Waals surface area contributed by atoms with E-state index in [9.17, 15) is 0 Å². The zero-order valence-corrected chi connectivity index (χ0v) is 8.82. The zero-order chi connectivity index (χ0) is 11.3. The molecule has 3 rings (SSSR count). The Morgan fingerprint density at radius 2 is 1.94 bits per heavy atom. The Morgan fingerprint density at radius 3 is 2.75 bits per heavy atom. The SMILES string of the molecule is Nc1nc(N)c2oc3c(Cl)cccc3c2n1. The molecule has 2 aromatic heterocycles. The van der Waals surface area contributed by atoms with Gasteiger partial charge in [-0.1, -0.05) is 17.7 Å². The van der Waals surface area contributed by atoms with Gasteiger partial charge >= 0.3 is 0 Å². The molecule has 0 radical (unpaired) electrons. The van der Waals surface area contributed by atoms with Crippen LogP contribution in [0, 0.1) is 0 Å². The molecular weight excluding hydrogens is 228 g/mol. The molecule has 0 aliphatic heterocycles. The first kappa shape index (κ1) is 9.23. The standard InChI is InChI=1S/C10H7ClN4O/c11-5-3-1-2-4-6-8(16-7(4)5)9(12)15-10(13)14-6/h1-3H,(H4,12,13,14,15). The molecule has 0 unspecified atom stereocenters. The largest absolute Gasteiger partial charge is 0.449 e. The summed E-state index contributed by atoms with van der Waals surface area (Å²) in [6.45, 7) is 0. The maximum absolute atomic E-state index is 6.01. The highest BCUT2D eigenvalue weighted by Crippen LogP contribution is 2.34. The highest BCUT2D eigenvalue weighted by molar-refractivity contribution is 6.35. The van der Waals surface area contributed by atoms with E-state index in [2.05, 4.69) is 9.97 Å². The Labute approximate surface area is 95.0 Å². The third-order valence-electron chi connectivity index (χ3n) is 2.34. The summed E-state index contributed by atoms with van der Waals surface area (Å²) in [6.07, 6.45) is 0. The number of nitrogens with zero attached hydrogens (tertiary/aromatic N) is 2. The molecule has 0 amide bonds. The van der Waals surface area contributed by atoms with Crippen LogP contribution in [-0.2, 0) is 0 Å². The Hall–Kier alpha value is -2.01. The lowest BCUT2D eigenvalue weighted by Gasteiger charge is -1.94. The summed E-state index contributed by atoms with van der Waals surface area (Å²) in [5, 5.41) is 1.29. The van der Waals surface area contributed by atoms with Gasteiger partial charge in [0.05, 0.1) is 5.02 Å². The molecule has 0 bridgehead atoms. The number of furan rings is 1. The van der Waals surface area contributed by atoms with Gasteiger partial charge in [-0.15, -0.1) is 0 Å². The fourth-order valence-corrected chi connectivity index (χ4v) is 1.88. The molecule has 0 saturated carbocycles. The van der Waals surface area contributed by atoms with E-state index in [4.69, 9.17) is 27.5 Å². The monoisotopic (exact) mass is 234 g/mol. The quantitative estimate of drug-likeness (QED) is 0.622. The first-order valence-electron chi connectivity index (χ1n) is 4.56. The van der Waals surface area contributed by atoms with Crippen molar-refractivity contribution in [2.45, 2.75) is 0 Å². The van der Waals surface area contributed by atoms with Gasteiger partial charge in [-0.3, -0.25) is 0 Å². The molecular formula is C10H7ClN4O. The number of halogens is 1. The molecule has 0 spiro atoms. The number of hydrogen-bond donors (Lipinski definition) is 2. The first-order chi connectivity index (χ1) is 7.66. The summed E-state index contributed by atoms with van der Waals surface area (Å²) in [5.41, 5.74) is 12.8. The van der Waals surface area contributed by atoms with Gasteiger partial charge in [0.2, 0.25) is 5.95 Å². The predicted octanol–water partition coefficient (Wildman–Crippen LogP) is 2.19. The molecule has 0 aliphatic carbocycles. The van der Waals surface area contributed by atoms with Gasteiger partial charge in [0.1, 0.15) is 5.52 Å². The van der Waals surface area contributed by atoms with E-state index in [0.29, 0.717) is 21.7 Å². The maximum atomic E-state index is 6.01. The second-order valence-corrected chi connectivity index (χ2v) is 3.77. The molecule has 3 aromatic rings. The normalized spacial score (nSPS) is 11.3. The second-order valence-electron chi connectivity index (χ2n) is 3.36. The van der Waals surface area contributed by atoms with E-state index in [1.54, 1.807) is 6.07 Å². The summed E-state index contributed by atoms with van der Waals surface area (Å²) in [6, 6.07) is 5.40. The number of fused-ring (bicyclic) bond motifs is 3. The predicted molar refractivity (Wildman–Crippen MR) is 63.1 cm³/mol. The minimum Gasteiger partial charge on any atom is -0.449 e. The van der Waals surface area contributed by atoms with Gasteiger partial charge in [-0.25, -0.2) is 4.98 Å². The van der Waals surface area contributed by atoms with Crippen molar-refractivity contribution in [2.24, 2.45) is 0 Å². The average Bonchev–Trinajstić information content (AvgIpc) is 2.59. The van der Waals surface area contributed by atoms with Crippen molar-refractivity contribution in [1.29, 1.82) is 0 Å². The fourth-order valence-electron chi connectivity index (χ4n) is 1.67. The molecule has 16 heavy (non-hydrogen) atoms. The lowest BCUT2D eigenvalue weighted by Crippen LogP contribution is -1.98. The molecule has 2 heterocycles. The van der Waals surface area contributed by atoms with E-state index >= 15 is 0 Å². The van der Waals surface area contributed by atoms with Crippen LogP contribution in [0.25, 0.3) is 22.1 Å². The highest BCUT2D eigenvalue weighted by atomic mass is 35.5. The van der Waals surface area contributed by atoms with Crippen molar-refractivity contribution in [3.05, 3.63) is 23.2 Å². The Kier molecular flexibility index (Phi) is 1.73. The Balaban J connectivity index is 2.61. The highest BCUT2D eigenvalue weighted by Gasteiger charge is 2.14. The van der Waals surface area contributed by atoms with Gasteiger partial charge in [0.15, 0.2) is 17.0 Å². The van der Waals surface area contributed by atoms with Crippen LogP contribution >= 0.6 is 11.6 Å². The maximum Gasteiger partial charge on any atom is 0.222 e. The average molecular weight is 235 g/mol. The van der Waals surface area contributed by atoms with Crippen molar-refractivity contribution in [1.82, 2.24) is 9.97 Å². The molecule has 0 fully saturated rings. The van der Waals surface area contributed by atoms with Gasteiger partial charge < -0.3 is 15.9 Å². The number of hydrogen-bond acceptors (Lipinski definition) is 5. The number of nitrogen functional groups attached to an aromatic ring is 2. The smallest absolute Gasteiger partial charge is 0.222 e. The van der Waals surface area contributed by atoms with E-state index < -0.39 is 0 Å². The van der Waals surface area contributed by atoms with Crippen LogP contribution in [-0.4, -0.2) is 9.97 Å². The second kappa shape index (κ2) is 2.99. The number of para-hydroxylation sites is 1. The number of rotatable bonds is 0. The Morgan fingerprint density at radius 1 is 1.12 bits per heavy atom. The topological polar surface area (TPSA) is 91.0 Å². The van der Waals surface area contributed by atoms with Crippen LogP contribution in [0.4, 0.5) is 11.8 Å². The summed E-state index contributed by atoms with van der Waals surface area (Å²) >= 11 is 6.01. The van der Waals surface area contributed by atoms with Crippen LogP contribution in [0.5, 0.6) is 0 Å². The van der Waals surface area contributed by atoms with Gasteiger partial charge in [-0.05, 0) is 12.1 Å². The summed E-state index contributed by atoms with van der Waals surface area (Å²) in [4.78, 5) is 7.93.